The Bertz CT molecular complexity index is 731. The first-order chi connectivity index (χ1) is 11.1. The summed E-state index contributed by atoms with van der Waals surface area (Å²) in [6, 6.07) is 12.0. The first kappa shape index (κ1) is 16.7. The number of hydrogen-bond acceptors (Lipinski definition) is 3. The zero-order valence-electron chi connectivity index (χ0n) is 12.4. The lowest BCUT2D eigenvalue weighted by Crippen LogP contribution is -2.27. The molecule has 1 heterocycles. The van der Waals surface area contributed by atoms with E-state index in [0.717, 1.165) is 5.56 Å². The molecule has 0 radical (unpaired) electrons. The number of pyridine rings is 1. The molecule has 1 aromatic heterocycles. The number of halogens is 1. The number of nitrogens with one attached hydrogen (secondary N) is 2. The SMILES string of the molecule is C=CCNC(=O)c1cccc(C(=O)NCc2ccccc2Cl)n1. The Morgan fingerprint density at radius 1 is 1.04 bits per heavy atom. The van der Waals surface area contributed by atoms with E-state index in [9.17, 15) is 9.59 Å². The van der Waals surface area contributed by atoms with Crippen LogP contribution in [-0.4, -0.2) is 23.3 Å². The number of nitrogens with zero attached hydrogens (tertiary/aromatic N) is 1. The number of aromatic nitrogens is 1. The number of rotatable bonds is 6. The van der Waals surface area contributed by atoms with Gasteiger partial charge in [-0.2, -0.15) is 0 Å². The molecule has 1 aromatic carbocycles. The lowest BCUT2D eigenvalue weighted by atomic mass is 10.2. The minimum Gasteiger partial charge on any atom is -0.347 e. The van der Waals surface area contributed by atoms with Gasteiger partial charge in [-0.1, -0.05) is 41.9 Å². The molecule has 0 fully saturated rings. The second-order valence-electron chi connectivity index (χ2n) is 4.68. The van der Waals surface area contributed by atoms with Crippen LogP contribution in [0.2, 0.25) is 5.02 Å². The van der Waals surface area contributed by atoms with Gasteiger partial charge in [0.1, 0.15) is 11.4 Å². The molecule has 0 aliphatic carbocycles. The Morgan fingerprint density at radius 3 is 2.35 bits per heavy atom. The molecule has 6 heteroatoms. The molecule has 0 spiro atoms. The molecule has 5 nitrogen and oxygen atoms in total. The Hall–Kier alpha value is -2.66. The fraction of sp³-hybridized carbons (Fsp3) is 0.118. The van der Waals surface area contributed by atoms with Crippen molar-refractivity contribution in [2.24, 2.45) is 0 Å². The van der Waals surface area contributed by atoms with E-state index in [2.05, 4.69) is 22.2 Å². The van der Waals surface area contributed by atoms with Crippen molar-refractivity contribution in [2.75, 3.05) is 6.54 Å². The quantitative estimate of drug-likeness (QED) is 0.800. The Labute approximate surface area is 139 Å². The third-order valence-electron chi connectivity index (χ3n) is 3.02. The highest BCUT2D eigenvalue weighted by molar-refractivity contribution is 6.31. The van der Waals surface area contributed by atoms with E-state index in [1.54, 1.807) is 30.3 Å². The largest absolute Gasteiger partial charge is 0.347 e. The van der Waals surface area contributed by atoms with Crippen molar-refractivity contribution in [3.63, 3.8) is 0 Å². The number of carbonyl (C=O) groups is 2. The normalized spacial score (nSPS) is 9.96. The molecule has 0 saturated heterocycles. The van der Waals surface area contributed by atoms with Gasteiger partial charge in [0.2, 0.25) is 0 Å². The molecule has 2 N–H and O–H groups in total. The predicted molar refractivity (Wildman–Crippen MR) is 89.4 cm³/mol. The highest BCUT2D eigenvalue weighted by Gasteiger charge is 2.12. The molecule has 23 heavy (non-hydrogen) atoms. The molecule has 0 bridgehead atoms. The van der Waals surface area contributed by atoms with Gasteiger partial charge in [-0.05, 0) is 23.8 Å². The van der Waals surface area contributed by atoms with Gasteiger partial charge in [-0.15, -0.1) is 6.58 Å². The van der Waals surface area contributed by atoms with Crippen LogP contribution < -0.4 is 10.6 Å². The molecular formula is C17H16ClN3O2. The van der Waals surface area contributed by atoms with E-state index in [1.165, 1.54) is 0 Å². The minimum absolute atomic E-state index is 0.170. The number of hydrogen-bond donors (Lipinski definition) is 2. The molecule has 2 rings (SSSR count). The second kappa shape index (κ2) is 8.10. The zero-order valence-corrected chi connectivity index (χ0v) is 13.1. The van der Waals surface area contributed by atoms with E-state index in [4.69, 9.17) is 11.6 Å². The van der Waals surface area contributed by atoms with E-state index >= 15 is 0 Å². The first-order valence-electron chi connectivity index (χ1n) is 6.99. The van der Waals surface area contributed by atoms with E-state index in [1.807, 2.05) is 18.2 Å². The molecule has 0 aliphatic rings. The van der Waals surface area contributed by atoms with Gasteiger partial charge >= 0.3 is 0 Å². The molecule has 0 atom stereocenters. The standard InChI is InChI=1S/C17H16ClN3O2/c1-2-10-19-16(22)14-8-5-9-15(21-14)17(23)20-11-12-6-3-4-7-13(12)18/h2-9H,1,10-11H2,(H,19,22)(H,20,23). The van der Waals surface area contributed by atoms with Gasteiger partial charge in [-0.25, -0.2) is 4.98 Å². The van der Waals surface area contributed by atoms with Gasteiger partial charge in [0, 0.05) is 18.1 Å². The number of benzene rings is 1. The van der Waals surface area contributed by atoms with E-state index < -0.39 is 0 Å². The Kier molecular flexibility index (Phi) is 5.88. The van der Waals surface area contributed by atoms with Crippen LogP contribution >= 0.6 is 11.6 Å². The molecule has 118 valence electrons. The molecule has 0 saturated carbocycles. The number of carbonyl (C=O) groups excluding carboxylic acids is 2. The first-order valence-corrected chi connectivity index (χ1v) is 7.37. The third kappa shape index (κ3) is 4.66. The maximum atomic E-state index is 12.2. The van der Waals surface area contributed by atoms with Gasteiger partial charge < -0.3 is 10.6 Å². The average molecular weight is 330 g/mol. The second-order valence-corrected chi connectivity index (χ2v) is 5.09. The van der Waals surface area contributed by atoms with Crippen molar-refractivity contribution < 1.29 is 9.59 Å². The smallest absolute Gasteiger partial charge is 0.270 e. The third-order valence-corrected chi connectivity index (χ3v) is 3.39. The predicted octanol–water partition coefficient (Wildman–Crippen LogP) is 2.58. The summed E-state index contributed by atoms with van der Waals surface area (Å²) in [5.41, 5.74) is 1.16. The van der Waals surface area contributed by atoms with Gasteiger partial charge in [0.05, 0.1) is 0 Å². The fourth-order valence-corrected chi connectivity index (χ4v) is 2.05. The molecule has 2 aromatic rings. The summed E-state index contributed by atoms with van der Waals surface area (Å²) in [5.74, 6) is -0.728. The monoisotopic (exact) mass is 329 g/mol. The summed E-state index contributed by atoms with van der Waals surface area (Å²) in [5, 5.41) is 5.92. The van der Waals surface area contributed by atoms with Crippen molar-refractivity contribution in [3.05, 3.63) is 77.1 Å². The van der Waals surface area contributed by atoms with Crippen molar-refractivity contribution in [1.82, 2.24) is 15.6 Å². The molecule has 0 aliphatic heterocycles. The maximum Gasteiger partial charge on any atom is 0.270 e. The molecule has 0 unspecified atom stereocenters. The van der Waals surface area contributed by atoms with Gasteiger partial charge in [0.25, 0.3) is 11.8 Å². The summed E-state index contributed by atoms with van der Waals surface area (Å²) < 4.78 is 0. The summed E-state index contributed by atoms with van der Waals surface area (Å²) >= 11 is 6.04. The van der Waals surface area contributed by atoms with Crippen LogP contribution in [-0.2, 0) is 6.54 Å². The van der Waals surface area contributed by atoms with Crippen LogP contribution in [0, 0.1) is 0 Å². The van der Waals surface area contributed by atoms with Crippen LogP contribution in [0.25, 0.3) is 0 Å². The highest BCUT2D eigenvalue weighted by Crippen LogP contribution is 2.14. The van der Waals surface area contributed by atoms with Crippen molar-refractivity contribution in [2.45, 2.75) is 6.54 Å². The van der Waals surface area contributed by atoms with Crippen molar-refractivity contribution in [3.8, 4) is 0 Å². The molecule has 2 amide bonds. The number of amides is 2. The molecular weight excluding hydrogens is 314 g/mol. The van der Waals surface area contributed by atoms with Gasteiger partial charge in [0.15, 0.2) is 0 Å². The van der Waals surface area contributed by atoms with Crippen molar-refractivity contribution in [1.29, 1.82) is 0 Å². The Balaban J connectivity index is 2.03. The lowest BCUT2D eigenvalue weighted by molar-refractivity contribution is 0.0944. The van der Waals surface area contributed by atoms with Crippen molar-refractivity contribution >= 4 is 23.4 Å². The maximum absolute atomic E-state index is 12.2. The Morgan fingerprint density at radius 2 is 1.70 bits per heavy atom. The topological polar surface area (TPSA) is 71.1 Å². The van der Waals surface area contributed by atoms with Crippen LogP contribution in [0.1, 0.15) is 26.5 Å². The average Bonchev–Trinajstić information content (AvgIpc) is 2.58. The van der Waals surface area contributed by atoms with E-state index in [-0.39, 0.29) is 29.7 Å². The van der Waals surface area contributed by atoms with Gasteiger partial charge in [-0.3, -0.25) is 9.59 Å². The zero-order chi connectivity index (χ0) is 16.7. The highest BCUT2D eigenvalue weighted by atomic mass is 35.5. The summed E-state index contributed by atoms with van der Waals surface area (Å²) in [6.45, 7) is 4.14. The van der Waals surface area contributed by atoms with Crippen LogP contribution in [0.3, 0.4) is 0 Å². The summed E-state index contributed by atoms with van der Waals surface area (Å²) in [6.07, 6.45) is 1.57. The minimum atomic E-state index is -0.372. The van der Waals surface area contributed by atoms with Crippen LogP contribution in [0.15, 0.2) is 55.1 Å². The van der Waals surface area contributed by atoms with Crippen LogP contribution in [0.5, 0.6) is 0 Å². The summed E-state index contributed by atoms with van der Waals surface area (Å²) in [7, 11) is 0. The van der Waals surface area contributed by atoms with E-state index in [0.29, 0.717) is 11.6 Å². The van der Waals surface area contributed by atoms with Crippen LogP contribution in [0.4, 0.5) is 0 Å². The summed E-state index contributed by atoms with van der Waals surface area (Å²) in [4.78, 5) is 28.1. The lowest BCUT2D eigenvalue weighted by Gasteiger charge is -2.07. The fourth-order valence-electron chi connectivity index (χ4n) is 1.85.